The number of hydrogen-bond donors (Lipinski definition) is 1. The van der Waals surface area contributed by atoms with Gasteiger partial charge in [-0.2, -0.15) is 0 Å². The molecule has 0 radical (unpaired) electrons. The Kier molecular flexibility index (Phi) is 8.45. The summed E-state index contributed by atoms with van der Waals surface area (Å²) in [6.07, 6.45) is -0.604. The van der Waals surface area contributed by atoms with E-state index in [0.717, 1.165) is 11.8 Å². The van der Waals surface area contributed by atoms with Gasteiger partial charge < -0.3 is 14.7 Å². The average molecular weight is 368 g/mol. The predicted molar refractivity (Wildman–Crippen MR) is 102 cm³/mol. The lowest BCUT2D eigenvalue weighted by Gasteiger charge is -2.36. The van der Waals surface area contributed by atoms with Crippen LogP contribution < -0.4 is 0 Å². The van der Waals surface area contributed by atoms with Crippen molar-refractivity contribution in [2.75, 3.05) is 13.1 Å². The zero-order valence-corrected chi connectivity index (χ0v) is 16.5. The van der Waals surface area contributed by atoms with Gasteiger partial charge in [-0.15, -0.1) is 0 Å². The van der Waals surface area contributed by atoms with Gasteiger partial charge in [0.25, 0.3) is 0 Å². The van der Waals surface area contributed by atoms with Gasteiger partial charge in [-0.25, -0.2) is 4.79 Å². The molecule has 140 valence electrons. The smallest absolute Gasteiger partial charge is 0.410 e. The summed E-state index contributed by atoms with van der Waals surface area (Å²) in [4.78, 5) is 25.7. The second-order valence-electron chi connectivity index (χ2n) is 6.59. The molecule has 0 bridgehead atoms. The number of ether oxygens (including phenoxy) is 1. The molecule has 1 aliphatic rings. The minimum atomic E-state index is -0.742. The highest BCUT2D eigenvalue weighted by molar-refractivity contribution is 8.14. The van der Waals surface area contributed by atoms with Gasteiger partial charge in [-0.3, -0.25) is 4.79 Å². The normalized spacial score (nSPS) is 20.3. The monoisotopic (exact) mass is 367 g/mol. The molecule has 1 aromatic rings. The molecular formula is C19H29NO4S. The molecule has 0 saturated carbocycles. The van der Waals surface area contributed by atoms with Gasteiger partial charge in [-0.05, 0) is 27.2 Å². The van der Waals surface area contributed by atoms with E-state index in [0.29, 0.717) is 18.5 Å². The first kappa shape index (κ1) is 21.5. The first-order valence-corrected chi connectivity index (χ1v) is 9.56. The van der Waals surface area contributed by atoms with Crippen molar-refractivity contribution in [3.05, 3.63) is 35.9 Å². The summed E-state index contributed by atoms with van der Waals surface area (Å²) in [6.45, 7) is 10.1. The Bertz CT molecular complexity index is 556. The number of aliphatic hydroxyl groups is 1. The Morgan fingerprint density at radius 3 is 2.32 bits per heavy atom. The van der Waals surface area contributed by atoms with Gasteiger partial charge >= 0.3 is 6.09 Å². The summed E-state index contributed by atoms with van der Waals surface area (Å²) < 4.78 is 5.31. The molecule has 6 heteroatoms. The van der Waals surface area contributed by atoms with Crippen molar-refractivity contribution in [3.8, 4) is 0 Å². The molecule has 0 aliphatic carbocycles. The number of benzene rings is 1. The predicted octanol–water partition coefficient (Wildman–Crippen LogP) is 3.96. The topological polar surface area (TPSA) is 66.8 Å². The molecule has 1 aliphatic heterocycles. The summed E-state index contributed by atoms with van der Waals surface area (Å²) >= 11 is 1.14. The van der Waals surface area contributed by atoms with Gasteiger partial charge in [0.15, 0.2) is 0 Å². The molecule has 0 spiro atoms. The lowest BCUT2D eigenvalue weighted by atomic mass is 10.1. The van der Waals surface area contributed by atoms with Crippen LogP contribution in [0, 0.1) is 0 Å². The van der Waals surface area contributed by atoms with Crippen LogP contribution in [0.1, 0.15) is 51.4 Å². The zero-order chi connectivity index (χ0) is 19.0. The fraction of sp³-hybridized carbons (Fsp3) is 0.579. The highest BCUT2D eigenvalue weighted by atomic mass is 32.2. The number of hydrogen-bond acceptors (Lipinski definition) is 5. The summed E-state index contributed by atoms with van der Waals surface area (Å²) in [5, 5.41) is 10.00. The van der Waals surface area contributed by atoms with Gasteiger partial charge in [0, 0.05) is 17.4 Å². The van der Waals surface area contributed by atoms with E-state index in [1.165, 1.54) is 4.90 Å². The van der Waals surface area contributed by atoms with Crippen molar-refractivity contribution >= 4 is 23.0 Å². The van der Waals surface area contributed by atoms with Crippen LogP contribution in [0.4, 0.5) is 4.79 Å². The summed E-state index contributed by atoms with van der Waals surface area (Å²) in [7, 11) is 0. The first-order valence-electron chi connectivity index (χ1n) is 8.68. The Labute approximate surface area is 154 Å². The summed E-state index contributed by atoms with van der Waals surface area (Å²) in [5.74, 6) is 0. The van der Waals surface area contributed by atoms with Gasteiger partial charge in [0.2, 0.25) is 5.12 Å². The van der Waals surface area contributed by atoms with Crippen molar-refractivity contribution in [2.45, 2.75) is 58.0 Å². The largest absolute Gasteiger partial charge is 0.444 e. The van der Waals surface area contributed by atoms with Gasteiger partial charge in [0.05, 0.1) is 12.6 Å². The van der Waals surface area contributed by atoms with E-state index in [2.05, 4.69) is 0 Å². The third-order valence-corrected chi connectivity index (χ3v) is 4.74. The van der Waals surface area contributed by atoms with E-state index >= 15 is 0 Å². The number of β-amino-alcohol motifs (C(OH)–C–C–N with tert-alkyl or cyclic N) is 1. The molecule has 1 fully saturated rings. The third kappa shape index (κ3) is 7.08. The van der Waals surface area contributed by atoms with Gasteiger partial charge in [0.1, 0.15) is 5.60 Å². The number of amides is 1. The highest BCUT2D eigenvalue weighted by Gasteiger charge is 2.34. The fourth-order valence-corrected chi connectivity index (χ4v) is 3.33. The molecular weight excluding hydrogens is 338 g/mol. The van der Waals surface area contributed by atoms with Crippen LogP contribution in [0.25, 0.3) is 0 Å². The number of likely N-dealkylation sites (tertiary alicyclic amines) is 1. The van der Waals surface area contributed by atoms with Crippen molar-refractivity contribution in [3.63, 3.8) is 0 Å². The maximum absolute atomic E-state index is 12.2. The Morgan fingerprint density at radius 2 is 1.80 bits per heavy atom. The lowest BCUT2D eigenvalue weighted by molar-refractivity contribution is 0.00541. The second kappa shape index (κ2) is 9.82. The number of rotatable bonds is 2. The van der Waals surface area contributed by atoms with Gasteiger partial charge in [-0.1, -0.05) is 55.9 Å². The molecule has 1 saturated heterocycles. The van der Waals surface area contributed by atoms with Crippen molar-refractivity contribution < 1.29 is 19.4 Å². The average Bonchev–Trinajstić information content (AvgIpc) is 2.57. The van der Waals surface area contributed by atoms with E-state index in [9.17, 15) is 14.7 Å². The highest BCUT2D eigenvalue weighted by Crippen LogP contribution is 2.27. The van der Waals surface area contributed by atoms with Crippen LogP contribution in [-0.4, -0.2) is 51.3 Å². The van der Waals surface area contributed by atoms with Crippen LogP contribution >= 0.6 is 11.8 Å². The molecule has 2 unspecified atom stereocenters. The number of aliphatic hydroxyl groups excluding tert-OH is 1. The standard InChI is InChI=1S/C17H23NO4S.C2H6/c1-17(2,3)22-16(21)18-10-9-14(13(19)11-18)23-15(20)12-7-5-4-6-8-12;1-2/h4-8,13-14,19H,9-11H2,1-3H3;1-2H3. The van der Waals surface area contributed by atoms with Crippen LogP contribution in [0.2, 0.25) is 0 Å². The second-order valence-corrected chi connectivity index (χ2v) is 7.80. The molecule has 1 amide bonds. The van der Waals surface area contributed by atoms with Crippen molar-refractivity contribution in [1.82, 2.24) is 4.90 Å². The number of carbonyl (C=O) groups excluding carboxylic acids is 2. The molecule has 2 rings (SSSR count). The molecule has 1 N–H and O–H groups in total. The van der Waals surface area contributed by atoms with Crippen LogP contribution in [0.5, 0.6) is 0 Å². The molecule has 1 heterocycles. The van der Waals surface area contributed by atoms with Crippen LogP contribution in [-0.2, 0) is 4.74 Å². The summed E-state index contributed by atoms with van der Waals surface area (Å²) in [5.41, 5.74) is 0.0657. The molecule has 5 nitrogen and oxygen atoms in total. The van der Waals surface area contributed by atoms with Crippen molar-refractivity contribution in [2.24, 2.45) is 0 Å². The van der Waals surface area contributed by atoms with Crippen molar-refractivity contribution in [1.29, 1.82) is 0 Å². The van der Waals surface area contributed by atoms with Crippen LogP contribution in [0.3, 0.4) is 0 Å². The minimum absolute atomic E-state index is 0.0552. The number of nitrogens with zero attached hydrogens (tertiary/aromatic N) is 1. The number of carbonyl (C=O) groups is 2. The Balaban J connectivity index is 0.00000151. The van der Waals surface area contributed by atoms with E-state index < -0.39 is 17.8 Å². The maximum atomic E-state index is 12.2. The van der Waals surface area contributed by atoms with E-state index in [-0.39, 0.29) is 16.9 Å². The summed E-state index contributed by atoms with van der Waals surface area (Å²) in [6, 6.07) is 9.01. The fourth-order valence-electron chi connectivity index (χ4n) is 2.32. The molecule has 25 heavy (non-hydrogen) atoms. The van der Waals surface area contributed by atoms with E-state index in [1.54, 1.807) is 12.1 Å². The quantitative estimate of drug-likeness (QED) is 0.857. The first-order chi connectivity index (χ1) is 11.8. The number of thioether (sulfide) groups is 1. The molecule has 1 aromatic carbocycles. The minimum Gasteiger partial charge on any atom is -0.444 e. The van der Waals surface area contributed by atoms with Crippen LogP contribution in [0.15, 0.2) is 30.3 Å². The Morgan fingerprint density at radius 1 is 1.20 bits per heavy atom. The third-order valence-electron chi connectivity index (χ3n) is 3.44. The zero-order valence-electron chi connectivity index (χ0n) is 15.7. The lowest BCUT2D eigenvalue weighted by Crippen LogP contribution is -2.49. The Hall–Kier alpha value is -1.53. The molecule has 0 aromatic heterocycles. The number of piperidine rings is 1. The van der Waals surface area contributed by atoms with E-state index in [1.807, 2.05) is 52.8 Å². The maximum Gasteiger partial charge on any atom is 0.410 e. The van der Waals surface area contributed by atoms with E-state index in [4.69, 9.17) is 4.74 Å². The SMILES string of the molecule is CC.CC(C)(C)OC(=O)N1CCC(SC(=O)c2ccccc2)C(O)C1. The molecule has 2 atom stereocenters.